The van der Waals surface area contributed by atoms with Gasteiger partial charge in [-0.3, -0.25) is 9.00 Å². The lowest BCUT2D eigenvalue weighted by atomic mass is 9.98. The number of fused-ring (bicyclic) bond motifs is 1. The summed E-state index contributed by atoms with van der Waals surface area (Å²) in [5.41, 5.74) is -1.65. The molecule has 0 N–H and O–H groups in total. The monoisotopic (exact) mass is 556 g/mol. The number of ketones is 1. The van der Waals surface area contributed by atoms with Crippen LogP contribution in [-0.4, -0.2) is 36.7 Å². The Morgan fingerprint density at radius 1 is 1.16 bits per heavy atom. The van der Waals surface area contributed by atoms with Crippen LogP contribution < -0.4 is 0 Å². The van der Waals surface area contributed by atoms with Crippen molar-refractivity contribution in [3.05, 3.63) is 81.8 Å². The van der Waals surface area contributed by atoms with Crippen molar-refractivity contribution >= 4 is 37.8 Å². The van der Waals surface area contributed by atoms with E-state index in [-0.39, 0.29) is 44.6 Å². The van der Waals surface area contributed by atoms with Gasteiger partial charge in [0.15, 0.2) is 11.0 Å². The van der Waals surface area contributed by atoms with Crippen molar-refractivity contribution in [2.75, 3.05) is 5.75 Å². The number of carbonyl (C=O) groups is 1. The Morgan fingerprint density at radius 2 is 1.76 bits per heavy atom. The quantitative estimate of drug-likeness (QED) is 0.237. The molecular formula is C26H22F6N2O3S. The van der Waals surface area contributed by atoms with Gasteiger partial charge in [-0.05, 0) is 42.3 Å². The highest BCUT2D eigenvalue weighted by atomic mass is 32.2. The van der Waals surface area contributed by atoms with Crippen LogP contribution in [0, 0.1) is 0 Å². The maximum absolute atomic E-state index is 13.5. The first-order valence-corrected chi connectivity index (χ1v) is 12.8. The zero-order chi connectivity index (χ0) is 28.6. The third-order valence-electron chi connectivity index (χ3n) is 6.07. The van der Waals surface area contributed by atoms with E-state index < -0.39 is 45.2 Å². The van der Waals surface area contributed by atoms with Gasteiger partial charge >= 0.3 is 12.4 Å². The van der Waals surface area contributed by atoms with Crippen LogP contribution in [0.3, 0.4) is 0 Å². The molecule has 202 valence electrons. The molecule has 0 amide bonds. The second-order valence-corrected chi connectivity index (χ2v) is 10.9. The molecule has 0 fully saturated rings. The van der Waals surface area contributed by atoms with E-state index in [9.17, 15) is 40.1 Å². The van der Waals surface area contributed by atoms with Gasteiger partial charge in [-0.25, -0.2) is 9.78 Å². The van der Waals surface area contributed by atoms with Crippen molar-refractivity contribution in [3.8, 4) is 0 Å². The van der Waals surface area contributed by atoms with E-state index in [0.717, 1.165) is 18.2 Å². The molecule has 1 aromatic carbocycles. The maximum atomic E-state index is 13.5. The molecule has 0 bridgehead atoms. The third kappa shape index (κ3) is 5.46. The first-order valence-electron chi connectivity index (χ1n) is 11.1. The average Bonchev–Trinajstić information content (AvgIpc) is 3.19. The van der Waals surface area contributed by atoms with Crippen molar-refractivity contribution in [2.24, 2.45) is 7.05 Å². The molecule has 5 nitrogen and oxygen atoms in total. The number of alkyl halides is 6. The highest BCUT2D eigenvalue weighted by Crippen LogP contribution is 2.37. The Bertz CT molecular complexity index is 1540. The molecule has 0 radical (unpaired) electrons. The van der Waals surface area contributed by atoms with Gasteiger partial charge in [0, 0.05) is 35.3 Å². The SMILES string of the molecule is C=C/C(=C\C(=C(/C)c1nc2c(n1C)C(=O)CC(C(F)(F)F)=C2)S(=O)(=C=O)CC)c1ccc(C(F)(F)F)cc1. The van der Waals surface area contributed by atoms with Crippen LogP contribution in [-0.2, 0) is 27.5 Å². The van der Waals surface area contributed by atoms with E-state index >= 15 is 0 Å². The summed E-state index contributed by atoms with van der Waals surface area (Å²) < 4.78 is 93.5. The van der Waals surface area contributed by atoms with Crippen molar-refractivity contribution in [2.45, 2.75) is 32.6 Å². The Hall–Kier alpha value is -3.63. The maximum Gasteiger partial charge on any atom is 0.416 e. The van der Waals surface area contributed by atoms with Gasteiger partial charge in [0.05, 0.1) is 20.8 Å². The molecule has 12 heteroatoms. The van der Waals surface area contributed by atoms with Crippen LogP contribution in [0.5, 0.6) is 0 Å². The summed E-state index contributed by atoms with van der Waals surface area (Å²) in [6.07, 6.45) is -6.80. The van der Waals surface area contributed by atoms with Gasteiger partial charge in [-0.2, -0.15) is 26.3 Å². The second kappa shape index (κ2) is 10.3. The van der Waals surface area contributed by atoms with Crippen LogP contribution in [0.2, 0.25) is 0 Å². The smallest absolute Gasteiger partial charge is 0.324 e. The van der Waals surface area contributed by atoms with E-state index in [2.05, 4.69) is 11.6 Å². The Morgan fingerprint density at radius 3 is 2.24 bits per heavy atom. The van der Waals surface area contributed by atoms with Gasteiger partial charge in [-0.15, -0.1) is 0 Å². The number of hydrogen-bond acceptors (Lipinski definition) is 4. The largest absolute Gasteiger partial charge is 0.416 e. The summed E-state index contributed by atoms with van der Waals surface area (Å²) in [5.74, 6) is -1.02. The number of nitrogens with zero attached hydrogens (tertiary/aromatic N) is 2. The zero-order valence-electron chi connectivity index (χ0n) is 20.5. The van der Waals surface area contributed by atoms with E-state index in [1.807, 2.05) is 0 Å². The number of imidazole rings is 1. The first-order chi connectivity index (χ1) is 17.6. The minimum atomic E-state index is -4.73. The molecule has 1 aliphatic carbocycles. The molecule has 0 saturated heterocycles. The van der Waals surface area contributed by atoms with Crippen molar-refractivity contribution in [1.82, 2.24) is 9.55 Å². The Labute approximate surface area is 214 Å². The molecule has 1 atom stereocenters. The number of hydrogen-bond donors (Lipinski definition) is 0. The van der Waals surface area contributed by atoms with E-state index in [1.54, 1.807) is 0 Å². The fourth-order valence-electron chi connectivity index (χ4n) is 4.01. The Kier molecular flexibility index (Phi) is 7.81. The topological polar surface area (TPSA) is 69.0 Å². The predicted octanol–water partition coefficient (Wildman–Crippen LogP) is 6.34. The number of benzene rings is 1. The first kappa shape index (κ1) is 28.9. The van der Waals surface area contributed by atoms with E-state index in [1.165, 1.54) is 55.0 Å². The summed E-state index contributed by atoms with van der Waals surface area (Å²) in [4.78, 5) is 28.5. The summed E-state index contributed by atoms with van der Waals surface area (Å²) in [6.45, 7) is 6.55. The van der Waals surface area contributed by atoms with Crippen LogP contribution >= 0.6 is 0 Å². The van der Waals surface area contributed by atoms with E-state index in [4.69, 9.17) is 0 Å². The number of carbonyl (C=O) groups excluding carboxylic acids is 2. The lowest BCUT2D eigenvalue weighted by molar-refractivity contribution is -0.137. The molecule has 1 heterocycles. The van der Waals surface area contributed by atoms with Crippen molar-refractivity contribution in [1.29, 1.82) is 0 Å². The van der Waals surface area contributed by atoms with Crippen molar-refractivity contribution in [3.63, 3.8) is 0 Å². The van der Waals surface area contributed by atoms with Crippen LogP contribution in [0.15, 0.2) is 53.5 Å². The fourth-order valence-corrected chi connectivity index (χ4v) is 5.44. The Balaban J connectivity index is 2.29. The lowest BCUT2D eigenvalue weighted by Gasteiger charge is -2.16. The minimum absolute atomic E-state index is 0.0125. The normalized spacial score (nSPS) is 16.7. The molecule has 2 aromatic rings. The zero-order valence-corrected chi connectivity index (χ0v) is 21.3. The number of allylic oxidation sites excluding steroid dienone is 5. The number of halogens is 6. The van der Waals surface area contributed by atoms with Gasteiger partial charge in [0.2, 0.25) is 0 Å². The second-order valence-electron chi connectivity index (χ2n) is 8.41. The molecule has 0 aliphatic heterocycles. The van der Waals surface area contributed by atoms with Crippen LogP contribution in [0.4, 0.5) is 26.3 Å². The third-order valence-corrected chi connectivity index (χ3v) is 8.28. The van der Waals surface area contributed by atoms with Crippen LogP contribution in [0.25, 0.3) is 17.2 Å². The van der Waals surface area contributed by atoms with Crippen molar-refractivity contribution < 1.29 is 40.1 Å². The molecular weight excluding hydrogens is 534 g/mol. The highest BCUT2D eigenvalue weighted by molar-refractivity contribution is 8.04. The standard InChI is InChI=1S/C26H22F6N2O3S/c1-5-16(17-7-9-18(10-8-17)25(27,28)29)11-22(38(37,6-2)14-35)15(3)24-33-20-12-19(26(30,31)32)13-21(36)23(20)34(24)4/h5,7-12H,1,6,13H2,2-4H3/b16-11+,22-15-. The van der Waals surface area contributed by atoms with E-state index in [0.29, 0.717) is 0 Å². The highest BCUT2D eigenvalue weighted by Gasteiger charge is 2.39. The van der Waals surface area contributed by atoms with Gasteiger partial charge in [-0.1, -0.05) is 31.7 Å². The summed E-state index contributed by atoms with van der Waals surface area (Å²) in [7, 11) is -2.13. The van der Waals surface area contributed by atoms with Gasteiger partial charge in [0.25, 0.3) is 0 Å². The summed E-state index contributed by atoms with van der Waals surface area (Å²) in [6, 6.07) is 4.08. The minimum Gasteiger partial charge on any atom is -0.324 e. The predicted molar refractivity (Wildman–Crippen MR) is 133 cm³/mol. The lowest BCUT2D eigenvalue weighted by Crippen LogP contribution is -2.21. The van der Waals surface area contributed by atoms with Gasteiger partial charge < -0.3 is 4.57 Å². The number of Topliss-reactive ketones (excluding diaryl/α,β-unsaturated/α-hetero) is 1. The number of aromatic nitrogens is 2. The fraction of sp³-hybridized carbons (Fsp3) is 0.269. The average molecular weight is 557 g/mol. The number of rotatable bonds is 6. The molecule has 0 saturated carbocycles. The molecule has 3 rings (SSSR count). The molecule has 0 spiro atoms. The summed E-state index contributed by atoms with van der Waals surface area (Å²) >= 11 is 0. The molecule has 1 aromatic heterocycles. The summed E-state index contributed by atoms with van der Waals surface area (Å²) in [5, 5.41) is 1.53. The molecule has 1 aliphatic rings. The molecule has 1 unspecified atom stereocenters. The van der Waals surface area contributed by atoms with Crippen LogP contribution in [0.1, 0.15) is 53.4 Å². The molecule has 38 heavy (non-hydrogen) atoms. The van der Waals surface area contributed by atoms with Gasteiger partial charge in [0.1, 0.15) is 11.5 Å².